The van der Waals surface area contributed by atoms with Crippen LogP contribution in [0.2, 0.25) is 5.02 Å². The van der Waals surface area contributed by atoms with Crippen molar-refractivity contribution >= 4 is 39.9 Å². The molecule has 182 valence electrons. The Morgan fingerprint density at radius 1 is 1.21 bits per heavy atom. The van der Waals surface area contributed by atoms with Crippen molar-refractivity contribution in [2.75, 3.05) is 36.9 Å². The number of fused-ring (bicyclic) bond motifs is 1. The molecule has 2 N–H and O–H groups in total. The number of carbonyl (C=O) groups is 1. The predicted molar refractivity (Wildman–Crippen MR) is 140 cm³/mol. The number of likely N-dealkylation sites (N-methyl/N-ethyl adjacent to an activating group) is 2. The minimum atomic E-state index is 0.149. The lowest BCUT2D eigenvalue weighted by atomic mass is 9.95. The highest BCUT2D eigenvalue weighted by Crippen LogP contribution is 2.28. The van der Waals surface area contributed by atoms with Gasteiger partial charge in [0.1, 0.15) is 5.82 Å². The molecule has 1 aromatic carbocycles. The van der Waals surface area contributed by atoms with Crippen LogP contribution in [-0.2, 0) is 11.2 Å². The van der Waals surface area contributed by atoms with Crippen LogP contribution in [0.25, 0.3) is 10.9 Å². The van der Waals surface area contributed by atoms with E-state index < -0.39 is 0 Å². The van der Waals surface area contributed by atoms with Gasteiger partial charge in [-0.25, -0.2) is 4.98 Å². The molecule has 0 aliphatic heterocycles. The summed E-state index contributed by atoms with van der Waals surface area (Å²) in [6, 6.07) is 10.2. The van der Waals surface area contributed by atoms with E-state index >= 15 is 0 Å². The molecule has 8 heteroatoms. The summed E-state index contributed by atoms with van der Waals surface area (Å²) in [4.78, 5) is 21.7. The van der Waals surface area contributed by atoms with Crippen molar-refractivity contribution < 1.29 is 4.79 Å². The second-order valence-corrected chi connectivity index (χ2v) is 9.55. The number of aryl methyl sites for hydroxylation is 1. The zero-order valence-corrected chi connectivity index (χ0v) is 20.9. The summed E-state index contributed by atoms with van der Waals surface area (Å²) >= 11 is 6.12. The van der Waals surface area contributed by atoms with Crippen LogP contribution in [0.5, 0.6) is 0 Å². The number of hydrogen-bond acceptors (Lipinski definition) is 5. The van der Waals surface area contributed by atoms with Crippen LogP contribution >= 0.6 is 11.6 Å². The standard InChI is InChI=1S/C26H35ClN6O/c1-3-33(17-16-32(2)21-11-7-8-19(27)18-21)24(34)13-12-22-25-23(31-30-22)14-15-28-26(25)29-20-9-5-4-6-10-20/h7-8,11,14-15,18,20H,3-6,9-10,12-13,16-17H2,1-2H3,(H,28,29)(H,30,31). The fourth-order valence-corrected chi connectivity index (χ4v) is 4.90. The highest BCUT2D eigenvalue weighted by Gasteiger charge is 2.19. The fourth-order valence-electron chi connectivity index (χ4n) is 4.72. The molecule has 2 aromatic heterocycles. The number of nitrogens with one attached hydrogen (secondary N) is 2. The summed E-state index contributed by atoms with van der Waals surface area (Å²) in [5.41, 5.74) is 2.92. The molecule has 0 unspecified atom stereocenters. The molecule has 0 saturated heterocycles. The Morgan fingerprint density at radius 2 is 2.03 bits per heavy atom. The number of hydrogen-bond donors (Lipinski definition) is 2. The van der Waals surface area contributed by atoms with Gasteiger partial charge in [0.05, 0.1) is 10.9 Å². The number of carbonyl (C=O) groups excluding carboxylic acids is 1. The number of benzene rings is 1. The number of pyridine rings is 1. The highest BCUT2D eigenvalue weighted by molar-refractivity contribution is 6.30. The van der Waals surface area contributed by atoms with E-state index in [0.717, 1.165) is 34.6 Å². The first kappa shape index (κ1) is 24.3. The molecule has 7 nitrogen and oxygen atoms in total. The lowest BCUT2D eigenvalue weighted by molar-refractivity contribution is -0.130. The summed E-state index contributed by atoms with van der Waals surface area (Å²) in [5, 5.41) is 13.0. The number of rotatable bonds is 10. The first-order valence-electron chi connectivity index (χ1n) is 12.4. The third-order valence-electron chi connectivity index (χ3n) is 6.77. The van der Waals surface area contributed by atoms with E-state index in [-0.39, 0.29) is 5.91 Å². The van der Waals surface area contributed by atoms with Gasteiger partial charge in [-0.15, -0.1) is 0 Å². The second kappa shape index (κ2) is 11.6. The molecule has 1 aliphatic rings. The molecule has 1 saturated carbocycles. The molecule has 2 heterocycles. The van der Waals surface area contributed by atoms with Crippen LogP contribution in [-0.4, -0.2) is 58.7 Å². The third-order valence-corrected chi connectivity index (χ3v) is 7.00. The average Bonchev–Trinajstić information content (AvgIpc) is 3.28. The van der Waals surface area contributed by atoms with Crippen LogP contribution < -0.4 is 10.2 Å². The molecule has 3 aromatic rings. The molecule has 0 bridgehead atoms. The number of amides is 1. The van der Waals surface area contributed by atoms with Crippen LogP contribution in [0.4, 0.5) is 11.5 Å². The number of aromatic amines is 1. The molecule has 1 fully saturated rings. The fraction of sp³-hybridized carbons (Fsp3) is 0.500. The van der Waals surface area contributed by atoms with E-state index in [4.69, 9.17) is 11.6 Å². The predicted octanol–water partition coefficient (Wildman–Crippen LogP) is 5.27. The van der Waals surface area contributed by atoms with Gasteiger partial charge in [0, 0.05) is 61.7 Å². The normalized spacial score (nSPS) is 14.3. The lowest BCUT2D eigenvalue weighted by Gasteiger charge is -2.26. The van der Waals surface area contributed by atoms with Gasteiger partial charge in [-0.05, 0) is 50.5 Å². The van der Waals surface area contributed by atoms with Gasteiger partial charge in [0.15, 0.2) is 0 Å². The Morgan fingerprint density at radius 3 is 2.79 bits per heavy atom. The van der Waals surface area contributed by atoms with Crippen molar-refractivity contribution in [2.24, 2.45) is 0 Å². The van der Waals surface area contributed by atoms with E-state index in [9.17, 15) is 4.79 Å². The maximum atomic E-state index is 13.0. The molecule has 0 atom stereocenters. The number of anilines is 2. The molecule has 4 rings (SSSR count). The second-order valence-electron chi connectivity index (χ2n) is 9.11. The van der Waals surface area contributed by atoms with Gasteiger partial charge in [0.25, 0.3) is 0 Å². The topological polar surface area (TPSA) is 77.2 Å². The van der Waals surface area contributed by atoms with Crippen LogP contribution in [0.3, 0.4) is 0 Å². The molecule has 1 aliphatic carbocycles. The van der Waals surface area contributed by atoms with Crippen molar-refractivity contribution in [3.8, 4) is 0 Å². The minimum absolute atomic E-state index is 0.149. The van der Waals surface area contributed by atoms with E-state index in [0.29, 0.717) is 37.0 Å². The van der Waals surface area contributed by atoms with E-state index in [1.54, 1.807) is 6.20 Å². The number of H-pyrrole nitrogens is 1. The largest absolute Gasteiger partial charge is 0.373 e. The van der Waals surface area contributed by atoms with Crippen LogP contribution in [0.1, 0.15) is 51.1 Å². The smallest absolute Gasteiger partial charge is 0.223 e. The molecule has 0 spiro atoms. The molecular weight excluding hydrogens is 448 g/mol. The first-order chi connectivity index (χ1) is 16.5. The van der Waals surface area contributed by atoms with Crippen molar-refractivity contribution in [1.82, 2.24) is 20.1 Å². The van der Waals surface area contributed by atoms with E-state index in [1.165, 1.54) is 32.1 Å². The Balaban J connectivity index is 1.37. The van der Waals surface area contributed by atoms with Gasteiger partial charge in [-0.3, -0.25) is 9.89 Å². The van der Waals surface area contributed by atoms with Crippen molar-refractivity contribution in [1.29, 1.82) is 0 Å². The molecule has 0 radical (unpaired) electrons. The number of nitrogens with zero attached hydrogens (tertiary/aromatic N) is 4. The lowest BCUT2D eigenvalue weighted by Crippen LogP contribution is -2.37. The highest BCUT2D eigenvalue weighted by atomic mass is 35.5. The van der Waals surface area contributed by atoms with Crippen LogP contribution in [0, 0.1) is 0 Å². The Kier molecular flexibility index (Phi) is 8.27. The quantitative estimate of drug-likeness (QED) is 0.411. The van der Waals surface area contributed by atoms with Gasteiger partial charge < -0.3 is 15.1 Å². The van der Waals surface area contributed by atoms with Crippen molar-refractivity contribution in [3.63, 3.8) is 0 Å². The maximum absolute atomic E-state index is 13.0. The number of aromatic nitrogens is 3. The SMILES string of the molecule is CCN(CCN(C)c1cccc(Cl)c1)C(=O)CCc1[nH]nc2ccnc(NC3CCCCC3)c12. The maximum Gasteiger partial charge on any atom is 0.223 e. The summed E-state index contributed by atoms with van der Waals surface area (Å²) in [7, 11) is 2.02. The summed E-state index contributed by atoms with van der Waals surface area (Å²) in [6.45, 7) is 4.12. The Labute approximate surface area is 206 Å². The zero-order valence-electron chi connectivity index (χ0n) is 20.2. The summed E-state index contributed by atoms with van der Waals surface area (Å²) in [6.07, 6.45) is 9.05. The van der Waals surface area contributed by atoms with Gasteiger partial charge in [-0.2, -0.15) is 5.10 Å². The third kappa shape index (κ3) is 6.00. The van der Waals surface area contributed by atoms with Gasteiger partial charge >= 0.3 is 0 Å². The summed E-state index contributed by atoms with van der Waals surface area (Å²) in [5.74, 6) is 1.03. The average molecular weight is 483 g/mol. The Hall–Kier alpha value is -2.80. The first-order valence-corrected chi connectivity index (χ1v) is 12.8. The molecule has 34 heavy (non-hydrogen) atoms. The Bertz CT molecular complexity index is 1090. The minimum Gasteiger partial charge on any atom is -0.373 e. The van der Waals surface area contributed by atoms with Crippen molar-refractivity contribution in [2.45, 2.75) is 57.9 Å². The van der Waals surface area contributed by atoms with E-state index in [1.807, 2.05) is 49.2 Å². The molecule has 1 amide bonds. The van der Waals surface area contributed by atoms with Crippen molar-refractivity contribution in [3.05, 3.63) is 47.2 Å². The summed E-state index contributed by atoms with van der Waals surface area (Å²) < 4.78 is 0. The number of halogens is 1. The van der Waals surface area contributed by atoms with E-state index in [2.05, 4.69) is 25.4 Å². The zero-order chi connectivity index (χ0) is 23.9. The van der Waals surface area contributed by atoms with Crippen LogP contribution in [0.15, 0.2) is 36.5 Å². The molecular formula is C26H35ClN6O. The van der Waals surface area contributed by atoms with Gasteiger partial charge in [-0.1, -0.05) is 36.9 Å². The van der Waals surface area contributed by atoms with Gasteiger partial charge in [0.2, 0.25) is 5.91 Å². The monoisotopic (exact) mass is 482 g/mol.